The van der Waals surface area contributed by atoms with Crippen LogP contribution in [0.4, 0.5) is 14.5 Å². The molecule has 0 radical (unpaired) electrons. The van der Waals surface area contributed by atoms with Crippen LogP contribution in [0.15, 0.2) is 45.6 Å². The van der Waals surface area contributed by atoms with Gasteiger partial charge in [-0.15, -0.1) is 0 Å². The molecule has 4 aromatic rings. The van der Waals surface area contributed by atoms with Crippen molar-refractivity contribution in [2.24, 2.45) is 0 Å². The molecule has 2 aromatic carbocycles. The molecule has 194 valence electrons. The molecule has 2 N–H and O–H groups in total. The first-order valence-corrected chi connectivity index (χ1v) is 11.7. The van der Waals surface area contributed by atoms with Gasteiger partial charge in [-0.3, -0.25) is 14.2 Å². The lowest BCUT2D eigenvalue weighted by Crippen LogP contribution is -2.39. The van der Waals surface area contributed by atoms with E-state index in [0.29, 0.717) is 29.8 Å². The Labute approximate surface area is 208 Å². The molecule has 1 saturated heterocycles. The number of aromatic amines is 1. The molecule has 2 amide bonds. The van der Waals surface area contributed by atoms with Gasteiger partial charge in [0.25, 0.3) is 5.91 Å². The molecule has 10 nitrogen and oxygen atoms in total. The standard InChI is InChI=1S/C25H24F2N4O6/c1-35-20-8-6-16-15(22(20)37-24(26)27)12-17(29-16)23(33)28-14-5-7-19-18(11-14)31(25(34)36-19)13-21(32)30-9-3-2-4-10-30/h5-8,11-12,24,29H,2-4,9-10,13H2,1H3,(H,28,33). The quantitative estimate of drug-likeness (QED) is 0.386. The summed E-state index contributed by atoms with van der Waals surface area (Å²) in [5.41, 5.74) is 1.48. The second-order valence-corrected chi connectivity index (χ2v) is 8.65. The summed E-state index contributed by atoms with van der Waals surface area (Å²) < 4.78 is 42.1. The summed E-state index contributed by atoms with van der Waals surface area (Å²) in [6.45, 7) is -1.93. The molecule has 1 aliphatic rings. The highest BCUT2D eigenvalue weighted by atomic mass is 19.3. The van der Waals surface area contributed by atoms with Gasteiger partial charge < -0.3 is 29.1 Å². The summed E-state index contributed by atoms with van der Waals surface area (Å²) in [7, 11) is 1.32. The Hall–Kier alpha value is -4.35. The summed E-state index contributed by atoms with van der Waals surface area (Å²) in [4.78, 5) is 42.7. The minimum atomic E-state index is -3.08. The number of H-pyrrole nitrogens is 1. The predicted octanol–water partition coefficient (Wildman–Crippen LogP) is 3.95. The van der Waals surface area contributed by atoms with Crippen LogP contribution in [0.2, 0.25) is 0 Å². The highest BCUT2D eigenvalue weighted by Crippen LogP contribution is 2.37. The van der Waals surface area contributed by atoms with E-state index < -0.39 is 18.3 Å². The zero-order valence-corrected chi connectivity index (χ0v) is 19.9. The van der Waals surface area contributed by atoms with E-state index in [0.717, 1.165) is 19.3 Å². The number of benzene rings is 2. The Morgan fingerprint density at radius 1 is 1.14 bits per heavy atom. The van der Waals surface area contributed by atoms with Gasteiger partial charge in [-0.25, -0.2) is 4.79 Å². The van der Waals surface area contributed by atoms with Crippen LogP contribution < -0.4 is 20.5 Å². The third-order valence-electron chi connectivity index (χ3n) is 6.32. The van der Waals surface area contributed by atoms with Crippen molar-refractivity contribution < 1.29 is 32.3 Å². The summed E-state index contributed by atoms with van der Waals surface area (Å²) in [5, 5.41) is 2.96. The van der Waals surface area contributed by atoms with E-state index in [1.165, 1.54) is 29.9 Å². The van der Waals surface area contributed by atoms with Crippen LogP contribution in [0.5, 0.6) is 11.5 Å². The van der Waals surface area contributed by atoms with Gasteiger partial charge in [0.2, 0.25) is 5.91 Å². The number of oxazole rings is 1. The van der Waals surface area contributed by atoms with E-state index in [1.807, 2.05) is 0 Å². The van der Waals surface area contributed by atoms with E-state index in [1.54, 1.807) is 23.1 Å². The van der Waals surface area contributed by atoms with Crippen LogP contribution in [0.25, 0.3) is 22.0 Å². The van der Waals surface area contributed by atoms with E-state index in [4.69, 9.17) is 9.15 Å². The fraction of sp³-hybridized carbons (Fsp3) is 0.320. The average molecular weight is 514 g/mol. The Kier molecular flexibility index (Phi) is 6.55. The number of halogens is 2. The van der Waals surface area contributed by atoms with Gasteiger partial charge in [-0.1, -0.05) is 0 Å². The lowest BCUT2D eigenvalue weighted by molar-refractivity contribution is -0.132. The number of carbonyl (C=O) groups excluding carboxylic acids is 2. The number of rotatable bonds is 7. The Morgan fingerprint density at radius 3 is 2.65 bits per heavy atom. The number of fused-ring (bicyclic) bond motifs is 2. The van der Waals surface area contributed by atoms with Gasteiger partial charge >= 0.3 is 12.4 Å². The lowest BCUT2D eigenvalue weighted by atomic mass is 10.1. The van der Waals surface area contributed by atoms with Gasteiger partial charge in [-0.05, 0) is 55.7 Å². The summed E-state index contributed by atoms with van der Waals surface area (Å²) in [6, 6.07) is 9.04. The Bertz CT molecular complexity index is 1530. The number of carbonyl (C=O) groups is 2. The second-order valence-electron chi connectivity index (χ2n) is 8.65. The number of alkyl halides is 2. The van der Waals surface area contributed by atoms with E-state index in [-0.39, 0.29) is 40.6 Å². The fourth-order valence-electron chi connectivity index (χ4n) is 4.52. The third kappa shape index (κ3) is 4.86. The van der Waals surface area contributed by atoms with Gasteiger partial charge in [0, 0.05) is 24.2 Å². The first-order chi connectivity index (χ1) is 17.8. The van der Waals surface area contributed by atoms with Gasteiger partial charge in [0.15, 0.2) is 17.1 Å². The smallest absolute Gasteiger partial charge is 0.420 e. The number of likely N-dealkylation sites (tertiary alicyclic amines) is 1. The largest absolute Gasteiger partial charge is 0.493 e. The van der Waals surface area contributed by atoms with Crippen molar-refractivity contribution in [3.63, 3.8) is 0 Å². The number of ether oxygens (including phenoxy) is 2. The molecule has 1 aliphatic heterocycles. The minimum Gasteiger partial charge on any atom is -0.493 e. The Balaban J connectivity index is 1.40. The normalized spacial score (nSPS) is 13.9. The van der Waals surface area contributed by atoms with Crippen LogP contribution in [-0.4, -0.2) is 53.1 Å². The topological polar surface area (TPSA) is 119 Å². The molecule has 0 unspecified atom stereocenters. The molecule has 1 fully saturated rings. The van der Waals surface area contributed by atoms with E-state index in [2.05, 4.69) is 15.0 Å². The number of nitrogens with zero attached hydrogens (tertiary/aromatic N) is 2. The van der Waals surface area contributed by atoms with E-state index >= 15 is 0 Å². The average Bonchev–Trinajstić information content (AvgIpc) is 3.46. The van der Waals surface area contributed by atoms with Crippen LogP contribution in [0.3, 0.4) is 0 Å². The molecule has 37 heavy (non-hydrogen) atoms. The second kappa shape index (κ2) is 9.96. The first kappa shape index (κ1) is 24.3. The number of methoxy groups -OCH3 is 1. The maximum absolute atomic E-state index is 13.0. The Morgan fingerprint density at radius 2 is 1.92 bits per heavy atom. The zero-order valence-electron chi connectivity index (χ0n) is 19.9. The van der Waals surface area contributed by atoms with E-state index in [9.17, 15) is 23.2 Å². The molecular formula is C25H24F2N4O6. The van der Waals surface area contributed by atoms with Crippen molar-refractivity contribution in [3.05, 3.63) is 52.6 Å². The number of anilines is 1. The molecule has 0 aliphatic carbocycles. The lowest BCUT2D eigenvalue weighted by Gasteiger charge is -2.26. The molecule has 3 heterocycles. The molecule has 5 rings (SSSR count). The molecule has 0 bridgehead atoms. The number of aromatic nitrogens is 2. The van der Waals surface area contributed by atoms with Crippen molar-refractivity contribution in [3.8, 4) is 11.5 Å². The summed E-state index contributed by atoms with van der Waals surface area (Å²) in [6.07, 6.45) is 2.93. The minimum absolute atomic E-state index is 0.0901. The zero-order chi connectivity index (χ0) is 26.1. The number of amides is 2. The van der Waals surface area contributed by atoms with Crippen LogP contribution in [-0.2, 0) is 11.3 Å². The first-order valence-electron chi connectivity index (χ1n) is 11.7. The highest BCUT2D eigenvalue weighted by molar-refractivity contribution is 6.07. The maximum atomic E-state index is 13.0. The SMILES string of the molecule is COc1ccc2[nH]c(C(=O)Nc3ccc4oc(=O)n(CC(=O)N5CCCCC5)c4c3)cc2c1OC(F)F. The van der Waals surface area contributed by atoms with Crippen molar-refractivity contribution in [2.75, 3.05) is 25.5 Å². The molecule has 0 atom stereocenters. The van der Waals surface area contributed by atoms with Crippen molar-refractivity contribution in [2.45, 2.75) is 32.4 Å². The van der Waals surface area contributed by atoms with Gasteiger partial charge in [0.05, 0.1) is 18.1 Å². The monoisotopic (exact) mass is 514 g/mol. The summed E-state index contributed by atoms with van der Waals surface area (Å²) >= 11 is 0. The molecule has 0 saturated carbocycles. The fourth-order valence-corrected chi connectivity index (χ4v) is 4.52. The third-order valence-corrected chi connectivity index (χ3v) is 6.32. The highest BCUT2D eigenvalue weighted by Gasteiger charge is 2.21. The van der Waals surface area contributed by atoms with Crippen molar-refractivity contribution >= 4 is 39.5 Å². The van der Waals surface area contributed by atoms with Gasteiger partial charge in [0.1, 0.15) is 12.2 Å². The molecule has 2 aromatic heterocycles. The number of nitrogens with one attached hydrogen (secondary N) is 2. The van der Waals surface area contributed by atoms with Crippen LogP contribution >= 0.6 is 0 Å². The predicted molar refractivity (Wildman–Crippen MR) is 130 cm³/mol. The molecule has 0 spiro atoms. The summed E-state index contributed by atoms with van der Waals surface area (Å²) in [5.74, 6) is -1.48. The van der Waals surface area contributed by atoms with Crippen molar-refractivity contribution in [1.29, 1.82) is 0 Å². The number of piperidine rings is 1. The van der Waals surface area contributed by atoms with Crippen LogP contribution in [0.1, 0.15) is 29.8 Å². The number of hydrogen-bond acceptors (Lipinski definition) is 6. The van der Waals surface area contributed by atoms with Gasteiger partial charge in [-0.2, -0.15) is 8.78 Å². The molecule has 12 heteroatoms. The molecular weight excluding hydrogens is 490 g/mol. The maximum Gasteiger partial charge on any atom is 0.420 e. The van der Waals surface area contributed by atoms with Crippen LogP contribution in [0, 0.1) is 0 Å². The van der Waals surface area contributed by atoms with Crippen molar-refractivity contribution in [1.82, 2.24) is 14.5 Å². The number of hydrogen-bond donors (Lipinski definition) is 2.